The molecule has 1 atom stereocenters. The van der Waals surface area contributed by atoms with Crippen LogP contribution in [0.2, 0.25) is 0 Å². The fourth-order valence-corrected chi connectivity index (χ4v) is 0.407. The van der Waals surface area contributed by atoms with Crippen LogP contribution in [0.4, 0.5) is 0 Å². The van der Waals surface area contributed by atoms with Gasteiger partial charge in [0.15, 0.2) is 0 Å². The smallest absolute Gasteiger partial charge is 0.0543 e. The zero-order valence-corrected chi connectivity index (χ0v) is 5.78. The SMILES string of the molecule is CCNC(N)CC.N. The lowest BCUT2D eigenvalue weighted by Crippen LogP contribution is -2.36. The normalized spacial score (nSPS) is 12.4. The average Bonchev–Trinajstić information content (AvgIpc) is 1.68. The summed E-state index contributed by atoms with van der Waals surface area (Å²) in [6, 6.07) is 0. The molecule has 8 heavy (non-hydrogen) atoms. The van der Waals surface area contributed by atoms with Crippen molar-refractivity contribution in [2.24, 2.45) is 5.73 Å². The van der Waals surface area contributed by atoms with Crippen LogP contribution in [0.25, 0.3) is 0 Å². The van der Waals surface area contributed by atoms with Gasteiger partial charge in [0.1, 0.15) is 0 Å². The standard InChI is InChI=1S/C5H14N2.H3N/c1-3-5(6)7-4-2;/h5,7H,3-4,6H2,1-2H3;1H3. The van der Waals surface area contributed by atoms with Gasteiger partial charge in [0.25, 0.3) is 0 Å². The van der Waals surface area contributed by atoms with E-state index in [1.807, 2.05) is 0 Å². The van der Waals surface area contributed by atoms with Crippen LogP contribution in [0.15, 0.2) is 0 Å². The molecule has 0 fully saturated rings. The van der Waals surface area contributed by atoms with Crippen molar-refractivity contribution in [3.8, 4) is 0 Å². The third-order valence-corrected chi connectivity index (χ3v) is 0.906. The molecule has 0 amide bonds. The summed E-state index contributed by atoms with van der Waals surface area (Å²) in [6.07, 6.45) is 1.21. The van der Waals surface area contributed by atoms with Gasteiger partial charge in [-0.05, 0) is 13.0 Å². The van der Waals surface area contributed by atoms with Crippen LogP contribution in [-0.2, 0) is 0 Å². The van der Waals surface area contributed by atoms with Gasteiger partial charge in [0, 0.05) is 0 Å². The van der Waals surface area contributed by atoms with Gasteiger partial charge in [-0.25, -0.2) is 0 Å². The van der Waals surface area contributed by atoms with E-state index in [1.165, 1.54) is 0 Å². The fraction of sp³-hybridized carbons (Fsp3) is 1.00. The number of hydrogen-bond acceptors (Lipinski definition) is 3. The van der Waals surface area contributed by atoms with Gasteiger partial charge < -0.3 is 17.2 Å². The molecule has 0 spiro atoms. The van der Waals surface area contributed by atoms with Crippen molar-refractivity contribution in [3.05, 3.63) is 0 Å². The Hall–Kier alpha value is -0.120. The molecule has 0 heterocycles. The van der Waals surface area contributed by atoms with E-state index < -0.39 is 0 Å². The van der Waals surface area contributed by atoms with Gasteiger partial charge in [-0.2, -0.15) is 0 Å². The summed E-state index contributed by atoms with van der Waals surface area (Å²) < 4.78 is 0. The predicted octanol–water partition coefficient (Wildman–Crippen LogP) is 0.453. The third-order valence-electron chi connectivity index (χ3n) is 0.906. The largest absolute Gasteiger partial charge is 0.344 e. The van der Waals surface area contributed by atoms with Gasteiger partial charge in [-0.3, -0.25) is 0 Å². The Morgan fingerprint density at radius 1 is 1.50 bits per heavy atom. The van der Waals surface area contributed by atoms with E-state index in [0.717, 1.165) is 13.0 Å². The van der Waals surface area contributed by atoms with E-state index in [-0.39, 0.29) is 12.3 Å². The van der Waals surface area contributed by atoms with Crippen LogP contribution < -0.4 is 17.2 Å². The molecule has 0 rings (SSSR count). The maximum absolute atomic E-state index is 5.47. The van der Waals surface area contributed by atoms with E-state index in [2.05, 4.69) is 19.2 Å². The molecular formula is C5H17N3. The molecule has 0 aromatic heterocycles. The molecule has 3 heteroatoms. The van der Waals surface area contributed by atoms with Crippen molar-refractivity contribution in [2.75, 3.05) is 6.54 Å². The molecule has 0 bridgehead atoms. The van der Waals surface area contributed by atoms with Gasteiger partial charge in [0.05, 0.1) is 6.17 Å². The summed E-state index contributed by atoms with van der Waals surface area (Å²) in [5.74, 6) is 0. The van der Waals surface area contributed by atoms with Gasteiger partial charge in [0.2, 0.25) is 0 Å². The minimum Gasteiger partial charge on any atom is -0.344 e. The maximum Gasteiger partial charge on any atom is 0.0543 e. The van der Waals surface area contributed by atoms with Crippen molar-refractivity contribution in [3.63, 3.8) is 0 Å². The van der Waals surface area contributed by atoms with Crippen LogP contribution in [0.5, 0.6) is 0 Å². The Balaban J connectivity index is 0. The average molecular weight is 119 g/mol. The summed E-state index contributed by atoms with van der Waals surface area (Å²) in [6.45, 7) is 5.08. The summed E-state index contributed by atoms with van der Waals surface area (Å²) >= 11 is 0. The van der Waals surface area contributed by atoms with E-state index in [1.54, 1.807) is 0 Å². The van der Waals surface area contributed by atoms with E-state index in [0.29, 0.717) is 0 Å². The monoisotopic (exact) mass is 119 g/mol. The van der Waals surface area contributed by atoms with Crippen molar-refractivity contribution >= 4 is 0 Å². The minimum atomic E-state index is 0. The highest BCUT2D eigenvalue weighted by atomic mass is 15.0. The highest BCUT2D eigenvalue weighted by Gasteiger charge is 1.90. The summed E-state index contributed by atoms with van der Waals surface area (Å²) in [5.41, 5.74) is 5.47. The van der Waals surface area contributed by atoms with E-state index >= 15 is 0 Å². The molecule has 0 aliphatic heterocycles. The molecule has 52 valence electrons. The molecule has 0 saturated heterocycles. The Morgan fingerprint density at radius 3 is 2.12 bits per heavy atom. The minimum absolute atomic E-state index is 0. The number of hydrogen-bond donors (Lipinski definition) is 3. The van der Waals surface area contributed by atoms with Crippen LogP contribution in [0, 0.1) is 0 Å². The lowest BCUT2D eigenvalue weighted by molar-refractivity contribution is 0.531. The molecule has 0 aliphatic carbocycles. The molecule has 1 unspecified atom stereocenters. The first kappa shape index (κ1) is 10.8. The second kappa shape index (κ2) is 6.88. The van der Waals surface area contributed by atoms with Crippen LogP contribution >= 0.6 is 0 Å². The summed E-state index contributed by atoms with van der Waals surface area (Å²) in [4.78, 5) is 0. The molecule has 0 aromatic rings. The van der Waals surface area contributed by atoms with Gasteiger partial charge >= 0.3 is 0 Å². The van der Waals surface area contributed by atoms with Crippen LogP contribution in [0.3, 0.4) is 0 Å². The van der Waals surface area contributed by atoms with E-state index in [4.69, 9.17) is 5.73 Å². The Labute approximate surface area is 51.2 Å². The molecule has 0 saturated carbocycles. The highest BCUT2D eigenvalue weighted by Crippen LogP contribution is 1.76. The number of nitrogens with two attached hydrogens (primary N) is 1. The van der Waals surface area contributed by atoms with Gasteiger partial charge in [-0.1, -0.05) is 13.8 Å². The topological polar surface area (TPSA) is 73.0 Å². The molecular weight excluding hydrogens is 102 g/mol. The second-order valence-corrected chi connectivity index (χ2v) is 1.57. The first-order valence-electron chi connectivity index (χ1n) is 2.80. The zero-order valence-electron chi connectivity index (χ0n) is 5.78. The van der Waals surface area contributed by atoms with E-state index in [9.17, 15) is 0 Å². The summed E-state index contributed by atoms with van der Waals surface area (Å²) in [7, 11) is 0. The molecule has 3 nitrogen and oxygen atoms in total. The lowest BCUT2D eigenvalue weighted by atomic mass is 10.4. The maximum atomic E-state index is 5.47. The molecule has 0 aliphatic rings. The second-order valence-electron chi connectivity index (χ2n) is 1.57. The first-order chi connectivity index (χ1) is 3.31. The van der Waals surface area contributed by atoms with Crippen molar-refractivity contribution < 1.29 is 0 Å². The Morgan fingerprint density at radius 2 is 2.00 bits per heavy atom. The Bertz CT molecular complexity index is 38.7. The van der Waals surface area contributed by atoms with Crippen molar-refractivity contribution in [1.29, 1.82) is 0 Å². The quantitative estimate of drug-likeness (QED) is 0.472. The highest BCUT2D eigenvalue weighted by molar-refractivity contribution is 4.50. The number of rotatable bonds is 3. The fourth-order valence-electron chi connectivity index (χ4n) is 0.407. The van der Waals surface area contributed by atoms with Crippen molar-refractivity contribution in [2.45, 2.75) is 26.4 Å². The molecule has 0 aromatic carbocycles. The number of nitrogens with one attached hydrogen (secondary N) is 1. The zero-order chi connectivity index (χ0) is 5.70. The predicted molar refractivity (Wildman–Crippen MR) is 37.0 cm³/mol. The first-order valence-corrected chi connectivity index (χ1v) is 2.80. The molecule has 0 radical (unpaired) electrons. The molecule has 6 N–H and O–H groups in total. The summed E-state index contributed by atoms with van der Waals surface area (Å²) in [5, 5.41) is 3.07. The van der Waals surface area contributed by atoms with Crippen molar-refractivity contribution in [1.82, 2.24) is 11.5 Å². The Kier molecular flexibility index (Phi) is 9.28. The lowest BCUT2D eigenvalue weighted by Gasteiger charge is -2.06. The third kappa shape index (κ3) is 5.88. The van der Waals surface area contributed by atoms with Gasteiger partial charge in [-0.15, -0.1) is 0 Å². The van der Waals surface area contributed by atoms with Crippen LogP contribution in [0.1, 0.15) is 20.3 Å². The van der Waals surface area contributed by atoms with Crippen LogP contribution in [-0.4, -0.2) is 12.7 Å².